The van der Waals surface area contributed by atoms with E-state index in [-0.39, 0.29) is 17.3 Å². The molecule has 0 N–H and O–H groups in total. The zero-order chi connectivity index (χ0) is 12.5. The second-order valence-electron chi connectivity index (χ2n) is 5.92. The maximum atomic E-state index is 13.7. The van der Waals surface area contributed by atoms with Crippen molar-refractivity contribution in [2.24, 2.45) is 0 Å². The van der Waals surface area contributed by atoms with E-state index in [1.54, 1.807) is 0 Å². The zero-order valence-corrected chi connectivity index (χ0v) is 10.9. The van der Waals surface area contributed by atoms with E-state index in [2.05, 4.69) is 20.8 Å². The van der Waals surface area contributed by atoms with E-state index in [0.717, 1.165) is 18.4 Å². The minimum absolute atomic E-state index is 0.0293. The lowest BCUT2D eigenvalue weighted by Crippen LogP contribution is -2.15. The lowest BCUT2D eigenvalue weighted by Gasteiger charge is -2.21. The Bertz CT molecular complexity index is 386. The lowest BCUT2D eigenvalue weighted by molar-refractivity contribution is 0.200. The van der Waals surface area contributed by atoms with Crippen LogP contribution in [0.3, 0.4) is 0 Å². The van der Waals surface area contributed by atoms with Crippen molar-refractivity contribution < 1.29 is 9.13 Å². The molecule has 1 aromatic rings. The van der Waals surface area contributed by atoms with Crippen molar-refractivity contribution in [2.75, 3.05) is 0 Å². The molecule has 0 aliphatic heterocycles. The Labute approximate surface area is 103 Å². The third-order valence-corrected chi connectivity index (χ3v) is 3.39. The van der Waals surface area contributed by atoms with Crippen LogP contribution in [-0.2, 0) is 5.41 Å². The summed E-state index contributed by atoms with van der Waals surface area (Å²) in [5, 5.41) is 0. The molecule has 1 fully saturated rings. The van der Waals surface area contributed by atoms with Crippen LogP contribution in [0.1, 0.15) is 52.0 Å². The van der Waals surface area contributed by atoms with E-state index in [1.165, 1.54) is 18.9 Å². The predicted molar refractivity (Wildman–Crippen MR) is 68.0 cm³/mol. The fourth-order valence-electron chi connectivity index (χ4n) is 2.25. The van der Waals surface area contributed by atoms with E-state index >= 15 is 0 Å². The molecular formula is C15H21FO. The molecule has 1 saturated carbocycles. The predicted octanol–water partition coefficient (Wildman–Crippen LogP) is 4.44. The van der Waals surface area contributed by atoms with Crippen molar-refractivity contribution >= 4 is 0 Å². The molecular weight excluding hydrogens is 215 g/mol. The first-order valence-corrected chi connectivity index (χ1v) is 6.43. The third kappa shape index (κ3) is 2.99. The van der Waals surface area contributed by atoms with Gasteiger partial charge in [0.1, 0.15) is 0 Å². The van der Waals surface area contributed by atoms with Gasteiger partial charge < -0.3 is 4.74 Å². The molecule has 2 rings (SSSR count). The van der Waals surface area contributed by atoms with Crippen molar-refractivity contribution in [3.63, 3.8) is 0 Å². The second kappa shape index (κ2) is 4.67. The standard InChI is InChI=1S/C15H21FO/c1-15(2,3)11-8-9-13(16)14(10-11)17-12-6-4-5-7-12/h8-10,12H,4-7H2,1-3H3. The summed E-state index contributed by atoms with van der Waals surface area (Å²) in [4.78, 5) is 0. The minimum atomic E-state index is -0.245. The van der Waals surface area contributed by atoms with E-state index < -0.39 is 0 Å². The van der Waals surface area contributed by atoms with Crippen LogP contribution in [0.4, 0.5) is 4.39 Å². The van der Waals surface area contributed by atoms with Gasteiger partial charge in [0.05, 0.1) is 6.10 Å². The molecule has 0 atom stereocenters. The largest absolute Gasteiger partial charge is 0.487 e. The molecule has 0 heterocycles. The number of benzene rings is 1. The van der Waals surface area contributed by atoms with E-state index in [0.29, 0.717) is 5.75 Å². The molecule has 0 aromatic heterocycles. The molecule has 17 heavy (non-hydrogen) atoms. The van der Waals surface area contributed by atoms with Gasteiger partial charge in [-0.05, 0) is 48.8 Å². The van der Waals surface area contributed by atoms with Crippen LogP contribution in [0.5, 0.6) is 5.75 Å². The van der Waals surface area contributed by atoms with Gasteiger partial charge in [0.15, 0.2) is 11.6 Å². The molecule has 94 valence electrons. The average molecular weight is 236 g/mol. The zero-order valence-electron chi connectivity index (χ0n) is 10.9. The Morgan fingerprint density at radius 2 is 1.82 bits per heavy atom. The Morgan fingerprint density at radius 3 is 2.41 bits per heavy atom. The maximum absolute atomic E-state index is 13.7. The summed E-state index contributed by atoms with van der Waals surface area (Å²) in [6.07, 6.45) is 4.72. The molecule has 0 spiro atoms. The smallest absolute Gasteiger partial charge is 0.165 e. The summed E-state index contributed by atoms with van der Waals surface area (Å²) in [6.45, 7) is 6.37. The van der Waals surface area contributed by atoms with Crippen LogP contribution in [0, 0.1) is 5.82 Å². The van der Waals surface area contributed by atoms with Crippen molar-refractivity contribution in [3.05, 3.63) is 29.6 Å². The van der Waals surface area contributed by atoms with E-state index in [1.807, 2.05) is 12.1 Å². The van der Waals surface area contributed by atoms with Crippen molar-refractivity contribution in [1.29, 1.82) is 0 Å². The Hall–Kier alpha value is -1.05. The van der Waals surface area contributed by atoms with Crippen LogP contribution in [-0.4, -0.2) is 6.10 Å². The summed E-state index contributed by atoms with van der Waals surface area (Å²) in [6, 6.07) is 5.22. The molecule has 0 amide bonds. The van der Waals surface area contributed by atoms with Crippen LogP contribution in [0.15, 0.2) is 18.2 Å². The van der Waals surface area contributed by atoms with Gasteiger partial charge in [-0.2, -0.15) is 0 Å². The third-order valence-electron chi connectivity index (χ3n) is 3.39. The Balaban J connectivity index is 2.20. The Kier molecular flexibility index (Phi) is 3.41. The highest BCUT2D eigenvalue weighted by atomic mass is 19.1. The normalized spacial score (nSPS) is 17.4. The first-order chi connectivity index (χ1) is 7.97. The molecule has 1 aliphatic carbocycles. The summed E-state index contributed by atoms with van der Waals surface area (Å²) in [7, 11) is 0. The quantitative estimate of drug-likeness (QED) is 0.737. The van der Waals surface area contributed by atoms with Crippen LogP contribution in [0.25, 0.3) is 0 Å². The molecule has 0 radical (unpaired) electrons. The first-order valence-electron chi connectivity index (χ1n) is 6.43. The maximum Gasteiger partial charge on any atom is 0.165 e. The van der Waals surface area contributed by atoms with E-state index in [4.69, 9.17) is 4.74 Å². The van der Waals surface area contributed by atoms with Crippen LogP contribution in [0.2, 0.25) is 0 Å². The van der Waals surface area contributed by atoms with Crippen molar-refractivity contribution in [2.45, 2.75) is 58.0 Å². The van der Waals surface area contributed by atoms with Gasteiger partial charge in [0.2, 0.25) is 0 Å². The molecule has 1 aliphatic rings. The summed E-state index contributed by atoms with van der Waals surface area (Å²) >= 11 is 0. The molecule has 2 heteroatoms. The molecule has 0 saturated heterocycles. The number of hydrogen-bond donors (Lipinski definition) is 0. The second-order valence-corrected chi connectivity index (χ2v) is 5.92. The van der Waals surface area contributed by atoms with Gasteiger partial charge in [-0.15, -0.1) is 0 Å². The number of halogens is 1. The van der Waals surface area contributed by atoms with Crippen molar-refractivity contribution in [3.8, 4) is 5.75 Å². The fourth-order valence-corrected chi connectivity index (χ4v) is 2.25. The van der Waals surface area contributed by atoms with Gasteiger partial charge in [0, 0.05) is 0 Å². The van der Waals surface area contributed by atoms with Gasteiger partial charge in [-0.1, -0.05) is 26.8 Å². The lowest BCUT2D eigenvalue weighted by atomic mass is 9.87. The summed E-state index contributed by atoms with van der Waals surface area (Å²) < 4.78 is 19.5. The van der Waals surface area contributed by atoms with E-state index in [9.17, 15) is 4.39 Å². The highest BCUT2D eigenvalue weighted by Crippen LogP contribution is 2.30. The average Bonchev–Trinajstić information content (AvgIpc) is 2.72. The summed E-state index contributed by atoms with van der Waals surface area (Å²) in [5.74, 6) is 0.175. The van der Waals surface area contributed by atoms with Gasteiger partial charge in [-0.25, -0.2) is 4.39 Å². The van der Waals surface area contributed by atoms with Crippen LogP contribution >= 0.6 is 0 Å². The number of hydrogen-bond acceptors (Lipinski definition) is 1. The van der Waals surface area contributed by atoms with Gasteiger partial charge >= 0.3 is 0 Å². The molecule has 1 nitrogen and oxygen atoms in total. The molecule has 0 bridgehead atoms. The highest BCUT2D eigenvalue weighted by molar-refractivity contribution is 5.34. The molecule has 0 unspecified atom stereocenters. The topological polar surface area (TPSA) is 9.23 Å². The van der Waals surface area contributed by atoms with Crippen molar-refractivity contribution in [1.82, 2.24) is 0 Å². The first kappa shape index (κ1) is 12.4. The number of rotatable bonds is 2. The monoisotopic (exact) mass is 236 g/mol. The molecule has 1 aromatic carbocycles. The van der Waals surface area contributed by atoms with Crippen LogP contribution < -0.4 is 4.74 Å². The minimum Gasteiger partial charge on any atom is -0.487 e. The highest BCUT2D eigenvalue weighted by Gasteiger charge is 2.20. The fraction of sp³-hybridized carbons (Fsp3) is 0.600. The Morgan fingerprint density at radius 1 is 1.18 bits per heavy atom. The summed E-state index contributed by atoms with van der Waals surface area (Å²) in [5.41, 5.74) is 1.15. The number of ether oxygens (including phenoxy) is 1. The SMILES string of the molecule is CC(C)(C)c1ccc(F)c(OC2CCCC2)c1. The van der Waals surface area contributed by atoms with Gasteiger partial charge in [-0.3, -0.25) is 0 Å². The van der Waals surface area contributed by atoms with Gasteiger partial charge in [0.25, 0.3) is 0 Å².